The van der Waals surface area contributed by atoms with Crippen molar-refractivity contribution < 1.29 is 5.11 Å². The van der Waals surface area contributed by atoms with Gasteiger partial charge in [0, 0.05) is 0 Å². The van der Waals surface area contributed by atoms with E-state index in [1.807, 2.05) is 6.92 Å². The standard InChI is InChI=1S/C15H30O/c1-3-4-5-6-7-8-9-10-11-15(12-13-15)14(2)16/h14,16H,3-13H2,1-2H3. The molecule has 0 saturated heterocycles. The molecule has 0 radical (unpaired) electrons. The molecule has 1 heteroatoms. The van der Waals surface area contributed by atoms with E-state index in [4.69, 9.17) is 0 Å². The lowest BCUT2D eigenvalue weighted by atomic mass is 9.93. The lowest BCUT2D eigenvalue weighted by molar-refractivity contribution is 0.102. The van der Waals surface area contributed by atoms with Crippen molar-refractivity contribution >= 4 is 0 Å². The Morgan fingerprint density at radius 2 is 1.44 bits per heavy atom. The fourth-order valence-electron chi connectivity index (χ4n) is 2.65. The van der Waals surface area contributed by atoms with Gasteiger partial charge in [0.05, 0.1) is 6.10 Å². The molecule has 0 spiro atoms. The quantitative estimate of drug-likeness (QED) is 0.536. The van der Waals surface area contributed by atoms with Gasteiger partial charge in [-0.2, -0.15) is 0 Å². The summed E-state index contributed by atoms with van der Waals surface area (Å²) in [6.45, 7) is 4.24. The third kappa shape index (κ3) is 4.86. The number of hydrogen-bond acceptors (Lipinski definition) is 1. The largest absolute Gasteiger partial charge is 0.393 e. The Morgan fingerprint density at radius 1 is 0.938 bits per heavy atom. The minimum absolute atomic E-state index is 0.0722. The zero-order valence-corrected chi connectivity index (χ0v) is 11.3. The van der Waals surface area contributed by atoms with Gasteiger partial charge in [-0.15, -0.1) is 0 Å². The maximum Gasteiger partial charge on any atom is 0.0568 e. The first-order valence-electron chi connectivity index (χ1n) is 7.39. The van der Waals surface area contributed by atoms with Crippen LogP contribution in [0.4, 0.5) is 0 Å². The maximum absolute atomic E-state index is 9.64. The van der Waals surface area contributed by atoms with Crippen LogP contribution < -0.4 is 0 Å². The molecule has 0 heterocycles. The minimum atomic E-state index is -0.0722. The molecule has 0 aliphatic heterocycles. The van der Waals surface area contributed by atoms with Crippen LogP contribution in [0.2, 0.25) is 0 Å². The van der Waals surface area contributed by atoms with E-state index in [1.165, 1.54) is 70.6 Å². The molecule has 1 N–H and O–H groups in total. The smallest absolute Gasteiger partial charge is 0.0568 e. The maximum atomic E-state index is 9.64. The first kappa shape index (κ1) is 14.0. The normalized spacial score (nSPS) is 19.7. The van der Waals surface area contributed by atoms with Crippen LogP contribution in [-0.4, -0.2) is 11.2 Å². The molecule has 1 fully saturated rings. The lowest BCUT2D eigenvalue weighted by Crippen LogP contribution is -2.17. The van der Waals surface area contributed by atoms with Gasteiger partial charge in [0.1, 0.15) is 0 Å². The highest BCUT2D eigenvalue weighted by Crippen LogP contribution is 2.52. The number of aliphatic hydroxyl groups is 1. The Morgan fingerprint density at radius 3 is 1.88 bits per heavy atom. The average molecular weight is 226 g/mol. The molecular weight excluding hydrogens is 196 g/mol. The van der Waals surface area contributed by atoms with E-state index in [9.17, 15) is 5.11 Å². The van der Waals surface area contributed by atoms with Crippen molar-refractivity contribution in [3.8, 4) is 0 Å². The topological polar surface area (TPSA) is 20.2 Å². The molecule has 0 bridgehead atoms. The SMILES string of the molecule is CCCCCCCCCCC1(C(C)O)CC1. The van der Waals surface area contributed by atoms with Crippen LogP contribution in [0.1, 0.15) is 84.5 Å². The second-order valence-electron chi connectivity index (χ2n) is 5.76. The van der Waals surface area contributed by atoms with Crippen molar-refractivity contribution in [2.24, 2.45) is 5.41 Å². The molecule has 0 aromatic heterocycles. The second-order valence-corrected chi connectivity index (χ2v) is 5.76. The first-order chi connectivity index (χ1) is 7.71. The Bertz CT molecular complexity index is 170. The van der Waals surface area contributed by atoms with E-state index in [1.54, 1.807) is 0 Å². The summed E-state index contributed by atoms with van der Waals surface area (Å²) >= 11 is 0. The van der Waals surface area contributed by atoms with E-state index >= 15 is 0 Å². The van der Waals surface area contributed by atoms with Crippen molar-refractivity contribution in [1.29, 1.82) is 0 Å². The van der Waals surface area contributed by atoms with Crippen LogP contribution in [0.3, 0.4) is 0 Å². The van der Waals surface area contributed by atoms with Gasteiger partial charge in [0.2, 0.25) is 0 Å². The highest BCUT2D eigenvalue weighted by atomic mass is 16.3. The van der Waals surface area contributed by atoms with Gasteiger partial charge < -0.3 is 5.11 Å². The highest BCUT2D eigenvalue weighted by molar-refractivity contribution is 4.96. The van der Waals surface area contributed by atoms with Crippen LogP contribution in [0.25, 0.3) is 0 Å². The summed E-state index contributed by atoms with van der Waals surface area (Å²) in [4.78, 5) is 0. The van der Waals surface area contributed by atoms with Crippen molar-refractivity contribution in [3.63, 3.8) is 0 Å². The summed E-state index contributed by atoms with van der Waals surface area (Å²) in [5.74, 6) is 0. The fraction of sp³-hybridized carbons (Fsp3) is 1.00. The zero-order valence-electron chi connectivity index (χ0n) is 11.3. The Balaban J connectivity index is 1.85. The van der Waals surface area contributed by atoms with Crippen LogP contribution in [0, 0.1) is 5.41 Å². The predicted molar refractivity (Wildman–Crippen MR) is 70.6 cm³/mol. The van der Waals surface area contributed by atoms with Crippen LogP contribution >= 0.6 is 0 Å². The molecule has 96 valence electrons. The number of unbranched alkanes of at least 4 members (excludes halogenated alkanes) is 7. The van der Waals surface area contributed by atoms with Gasteiger partial charge in [-0.05, 0) is 31.6 Å². The Labute approximate surface area is 102 Å². The minimum Gasteiger partial charge on any atom is -0.393 e. The van der Waals surface area contributed by atoms with Gasteiger partial charge in [0.15, 0.2) is 0 Å². The summed E-state index contributed by atoms with van der Waals surface area (Å²) in [7, 11) is 0. The monoisotopic (exact) mass is 226 g/mol. The molecule has 1 saturated carbocycles. The summed E-state index contributed by atoms with van der Waals surface area (Å²) in [5, 5.41) is 9.64. The molecule has 1 rings (SSSR count). The Hall–Kier alpha value is -0.0400. The second kappa shape index (κ2) is 7.32. The molecule has 1 aliphatic rings. The van der Waals surface area contributed by atoms with Gasteiger partial charge in [-0.1, -0.05) is 58.3 Å². The van der Waals surface area contributed by atoms with E-state index in [0.717, 1.165) is 0 Å². The summed E-state index contributed by atoms with van der Waals surface area (Å²) < 4.78 is 0. The molecular formula is C15H30O. The van der Waals surface area contributed by atoms with E-state index < -0.39 is 0 Å². The van der Waals surface area contributed by atoms with Crippen molar-refractivity contribution in [3.05, 3.63) is 0 Å². The van der Waals surface area contributed by atoms with Crippen LogP contribution in [0.15, 0.2) is 0 Å². The van der Waals surface area contributed by atoms with Gasteiger partial charge in [0.25, 0.3) is 0 Å². The molecule has 0 aromatic rings. The zero-order chi connectivity index (χ0) is 11.9. The molecule has 1 unspecified atom stereocenters. The summed E-state index contributed by atoms with van der Waals surface area (Å²) in [5.41, 5.74) is 0.349. The average Bonchev–Trinajstić information content (AvgIpc) is 3.03. The number of aliphatic hydroxyl groups excluding tert-OH is 1. The van der Waals surface area contributed by atoms with Crippen LogP contribution in [-0.2, 0) is 0 Å². The van der Waals surface area contributed by atoms with E-state index in [-0.39, 0.29) is 6.10 Å². The van der Waals surface area contributed by atoms with Gasteiger partial charge in [-0.3, -0.25) is 0 Å². The number of hydrogen-bond donors (Lipinski definition) is 1. The molecule has 0 aromatic carbocycles. The summed E-state index contributed by atoms with van der Waals surface area (Å²) in [6, 6.07) is 0. The highest BCUT2D eigenvalue weighted by Gasteiger charge is 2.45. The fourth-order valence-corrected chi connectivity index (χ4v) is 2.65. The summed E-state index contributed by atoms with van der Waals surface area (Å²) in [6.07, 6.45) is 14.9. The van der Waals surface area contributed by atoms with Crippen molar-refractivity contribution in [2.45, 2.75) is 90.6 Å². The van der Waals surface area contributed by atoms with Gasteiger partial charge in [-0.25, -0.2) is 0 Å². The molecule has 16 heavy (non-hydrogen) atoms. The van der Waals surface area contributed by atoms with Crippen molar-refractivity contribution in [1.82, 2.24) is 0 Å². The van der Waals surface area contributed by atoms with Crippen LogP contribution in [0.5, 0.6) is 0 Å². The Kier molecular flexibility index (Phi) is 6.41. The third-order valence-corrected chi connectivity index (χ3v) is 4.31. The molecule has 1 atom stereocenters. The third-order valence-electron chi connectivity index (χ3n) is 4.31. The van der Waals surface area contributed by atoms with Crippen molar-refractivity contribution in [2.75, 3.05) is 0 Å². The first-order valence-corrected chi connectivity index (χ1v) is 7.39. The van der Waals surface area contributed by atoms with E-state index in [0.29, 0.717) is 5.41 Å². The van der Waals surface area contributed by atoms with Gasteiger partial charge >= 0.3 is 0 Å². The predicted octanol–water partition coefficient (Wildman–Crippen LogP) is 4.68. The molecule has 1 aliphatic carbocycles. The lowest BCUT2D eigenvalue weighted by Gasteiger charge is -2.17. The molecule has 0 amide bonds. The number of rotatable bonds is 10. The molecule has 1 nitrogen and oxygen atoms in total. The van der Waals surface area contributed by atoms with E-state index in [2.05, 4.69) is 6.92 Å².